The van der Waals surface area contributed by atoms with E-state index in [0.717, 1.165) is 22.6 Å². The third-order valence-electron chi connectivity index (χ3n) is 3.66. The van der Waals surface area contributed by atoms with Gasteiger partial charge in [-0.2, -0.15) is 0 Å². The molecule has 0 saturated heterocycles. The summed E-state index contributed by atoms with van der Waals surface area (Å²) in [6.07, 6.45) is 0. The van der Waals surface area contributed by atoms with Crippen LogP contribution in [0, 0.1) is 6.92 Å². The van der Waals surface area contributed by atoms with Gasteiger partial charge in [0, 0.05) is 17.0 Å². The number of nitrogens with zero attached hydrogens (tertiary/aromatic N) is 2. The lowest BCUT2D eigenvalue weighted by molar-refractivity contribution is 0.773. The Morgan fingerprint density at radius 2 is 1.67 bits per heavy atom. The molecule has 106 valence electrons. The maximum Gasteiger partial charge on any atom is 0.136 e. The van der Waals surface area contributed by atoms with E-state index in [2.05, 4.69) is 49.2 Å². The fraction of sp³-hybridized carbons (Fsp3) is 0.222. The number of rotatable bonds is 2. The number of benzene rings is 2. The molecule has 0 fully saturated rings. The molecule has 1 aromatic heterocycles. The molecule has 1 heterocycles. The number of halogens is 1. The lowest BCUT2D eigenvalue weighted by Gasteiger charge is -2.13. The summed E-state index contributed by atoms with van der Waals surface area (Å²) in [7, 11) is 0. The van der Waals surface area contributed by atoms with E-state index in [4.69, 9.17) is 16.6 Å². The van der Waals surface area contributed by atoms with Crippen LogP contribution in [-0.4, -0.2) is 9.97 Å². The number of aromatic nitrogens is 2. The van der Waals surface area contributed by atoms with E-state index in [1.807, 2.05) is 19.1 Å². The SMILES string of the molecule is Cc1c(Cl)nc(C(C)C)nc1-c1cccc2ccccc12. The van der Waals surface area contributed by atoms with Gasteiger partial charge in [-0.1, -0.05) is 67.9 Å². The Labute approximate surface area is 129 Å². The lowest BCUT2D eigenvalue weighted by Crippen LogP contribution is -2.02. The molecule has 0 amide bonds. The molecule has 2 nitrogen and oxygen atoms in total. The molecule has 0 radical (unpaired) electrons. The van der Waals surface area contributed by atoms with Crippen molar-refractivity contribution in [3.63, 3.8) is 0 Å². The summed E-state index contributed by atoms with van der Waals surface area (Å²) in [5.41, 5.74) is 2.96. The maximum absolute atomic E-state index is 6.31. The summed E-state index contributed by atoms with van der Waals surface area (Å²) in [5, 5.41) is 2.93. The predicted octanol–water partition coefficient (Wildman–Crippen LogP) is 5.38. The van der Waals surface area contributed by atoms with Crippen LogP contribution in [0.3, 0.4) is 0 Å². The van der Waals surface area contributed by atoms with Gasteiger partial charge in [-0.25, -0.2) is 9.97 Å². The van der Waals surface area contributed by atoms with Crippen molar-refractivity contribution in [2.45, 2.75) is 26.7 Å². The molecule has 0 spiro atoms. The standard InChI is InChI=1S/C18H17ClN2/c1-11(2)18-20-16(12(3)17(19)21-18)15-10-6-8-13-7-4-5-9-14(13)15/h4-11H,1-3H3. The summed E-state index contributed by atoms with van der Waals surface area (Å²) in [5.74, 6) is 1.03. The minimum Gasteiger partial charge on any atom is -0.232 e. The molecule has 0 bridgehead atoms. The first-order chi connectivity index (χ1) is 10.1. The Bertz CT molecular complexity index is 804. The minimum atomic E-state index is 0.247. The molecule has 21 heavy (non-hydrogen) atoms. The lowest BCUT2D eigenvalue weighted by atomic mass is 9.99. The van der Waals surface area contributed by atoms with E-state index in [1.54, 1.807) is 0 Å². The maximum atomic E-state index is 6.31. The van der Waals surface area contributed by atoms with Crippen LogP contribution in [0.1, 0.15) is 31.2 Å². The second kappa shape index (κ2) is 5.45. The topological polar surface area (TPSA) is 25.8 Å². The molecule has 3 rings (SSSR count). The van der Waals surface area contributed by atoms with Crippen LogP contribution in [0.2, 0.25) is 5.15 Å². The van der Waals surface area contributed by atoms with E-state index < -0.39 is 0 Å². The van der Waals surface area contributed by atoms with Gasteiger partial charge in [-0.3, -0.25) is 0 Å². The highest BCUT2D eigenvalue weighted by Crippen LogP contribution is 2.32. The van der Waals surface area contributed by atoms with Gasteiger partial charge in [0.1, 0.15) is 11.0 Å². The Morgan fingerprint density at radius 1 is 0.952 bits per heavy atom. The third-order valence-corrected chi connectivity index (χ3v) is 4.03. The Hall–Kier alpha value is -1.93. The molecule has 0 atom stereocenters. The molecular formula is C18H17ClN2. The van der Waals surface area contributed by atoms with E-state index in [-0.39, 0.29) is 5.92 Å². The van der Waals surface area contributed by atoms with Crippen LogP contribution < -0.4 is 0 Å². The first-order valence-corrected chi connectivity index (χ1v) is 7.48. The molecule has 0 N–H and O–H groups in total. The van der Waals surface area contributed by atoms with Gasteiger partial charge in [-0.15, -0.1) is 0 Å². The summed E-state index contributed by atoms with van der Waals surface area (Å²) >= 11 is 6.31. The quantitative estimate of drug-likeness (QED) is 0.593. The minimum absolute atomic E-state index is 0.247. The van der Waals surface area contributed by atoms with Gasteiger partial charge in [-0.05, 0) is 17.7 Å². The monoisotopic (exact) mass is 296 g/mol. The Morgan fingerprint density at radius 3 is 2.43 bits per heavy atom. The van der Waals surface area contributed by atoms with Gasteiger partial charge in [0.15, 0.2) is 0 Å². The van der Waals surface area contributed by atoms with E-state index in [0.29, 0.717) is 5.15 Å². The molecule has 0 saturated carbocycles. The van der Waals surface area contributed by atoms with Crippen molar-refractivity contribution in [1.82, 2.24) is 9.97 Å². The van der Waals surface area contributed by atoms with Crippen molar-refractivity contribution >= 4 is 22.4 Å². The van der Waals surface area contributed by atoms with Crippen LogP contribution in [0.5, 0.6) is 0 Å². The van der Waals surface area contributed by atoms with Crippen LogP contribution >= 0.6 is 11.6 Å². The smallest absolute Gasteiger partial charge is 0.136 e. The number of hydrogen-bond donors (Lipinski definition) is 0. The van der Waals surface area contributed by atoms with Gasteiger partial charge in [0.2, 0.25) is 0 Å². The average molecular weight is 297 g/mol. The molecule has 2 aromatic carbocycles. The zero-order chi connectivity index (χ0) is 15.0. The van der Waals surface area contributed by atoms with Crippen LogP contribution in [0.4, 0.5) is 0 Å². The van der Waals surface area contributed by atoms with Gasteiger partial charge >= 0.3 is 0 Å². The summed E-state index contributed by atoms with van der Waals surface area (Å²) in [6.45, 7) is 6.13. The number of fused-ring (bicyclic) bond motifs is 1. The normalized spacial score (nSPS) is 11.3. The number of hydrogen-bond acceptors (Lipinski definition) is 2. The zero-order valence-electron chi connectivity index (χ0n) is 12.4. The fourth-order valence-electron chi connectivity index (χ4n) is 2.46. The van der Waals surface area contributed by atoms with Gasteiger partial charge < -0.3 is 0 Å². The van der Waals surface area contributed by atoms with Crippen molar-refractivity contribution in [2.24, 2.45) is 0 Å². The van der Waals surface area contributed by atoms with Crippen molar-refractivity contribution in [2.75, 3.05) is 0 Å². The van der Waals surface area contributed by atoms with Gasteiger partial charge in [0.05, 0.1) is 5.69 Å². The van der Waals surface area contributed by atoms with E-state index >= 15 is 0 Å². The second-order valence-corrected chi connectivity index (χ2v) is 5.89. The zero-order valence-corrected chi connectivity index (χ0v) is 13.1. The third kappa shape index (κ3) is 2.52. The van der Waals surface area contributed by atoms with Crippen LogP contribution in [0.15, 0.2) is 42.5 Å². The Kier molecular flexibility index (Phi) is 3.64. The van der Waals surface area contributed by atoms with Crippen LogP contribution in [-0.2, 0) is 0 Å². The summed E-state index contributed by atoms with van der Waals surface area (Å²) in [6, 6.07) is 14.6. The highest BCUT2D eigenvalue weighted by Gasteiger charge is 2.14. The van der Waals surface area contributed by atoms with Crippen molar-refractivity contribution in [1.29, 1.82) is 0 Å². The average Bonchev–Trinajstić information content (AvgIpc) is 2.49. The summed E-state index contributed by atoms with van der Waals surface area (Å²) < 4.78 is 0. The highest BCUT2D eigenvalue weighted by atomic mass is 35.5. The van der Waals surface area contributed by atoms with Gasteiger partial charge in [0.25, 0.3) is 0 Å². The van der Waals surface area contributed by atoms with Crippen molar-refractivity contribution < 1.29 is 0 Å². The van der Waals surface area contributed by atoms with E-state index in [9.17, 15) is 0 Å². The molecule has 0 aliphatic heterocycles. The summed E-state index contributed by atoms with van der Waals surface area (Å²) in [4.78, 5) is 9.15. The molecule has 3 heteroatoms. The molecule has 0 aliphatic rings. The molecule has 0 aliphatic carbocycles. The van der Waals surface area contributed by atoms with E-state index in [1.165, 1.54) is 10.8 Å². The largest absolute Gasteiger partial charge is 0.232 e. The molecule has 3 aromatic rings. The second-order valence-electron chi connectivity index (χ2n) is 5.53. The predicted molar refractivity (Wildman–Crippen MR) is 88.8 cm³/mol. The Balaban J connectivity index is 2.32. The molecular weight excluding hydrogens is 280 g/mol. The van der Waals surface area contributed by atoms with Crippen LogP contribution in [0.25, 0.3) is 22.0 Å². The first-order valence-electron chi connectivity index (χ1n) is 7.10. The first kappa shape index (κ1) is 14.0. The molecule has 0 unspecified atom stereocenters. The fourth-order valence-corrected chi connectivity index (χ4v) is 2.63. The van der Waals surface area contributed by atoms with Crippen molar-refractivity contribution in [3.05, 3.63) is 59.0 Å². The highest BCUT2D eigenvalue weighted by molar-refractivity contribution is 6.30. The van der Waals surface area contributed by atoms with Crippen molar-refractivity contribution in [3.8, 4) is 11.3 Å².